The average molecular weight is 279 g/mol. The lowest BCUT2D eigenvalue weighted by Crippen LogP contribution is -2.36. The van der Waals surface area contributed by atoms with Gasteiger partial charge in [-0.25, -0.2) is 0 Å². The summed E-state index contributed by atoms with van der Waals surface area (Å²) in [6.45, 7) is 3.45. The van der Waals surface area contributed by atoms with Crippen molar-refractivity contribution < 1.29 is 4.74 Å². The highest BCUT2D eigenvalue weighted by molar-refractivity contribution is 7.08. The highest BCUT2D eigenvalue weighted by Gasteiger charge is 2.16. The molecule has 93 valence electrons. The average Bonchev–Trinajstić information content (AvgIpc) is 2.86. The first-order valence-electron chi connectivity index (χ1n) is 5.93. The van der Waals surface area contributed by atoms with E-state index in [2.05, 4.69) is 33.9 Å². The van der Waals surface area contributed by atoms with Crippen LogP contribution in [0.5, 0.6) is 0 Å². The molecule has 0 unspecified atom stereocenters. The fraction of sp³-hybridized carbons (Fsp3) is 0.286. The highest BCUT2D eigenvalue weighted by atomic mass is 35.5. The Morgan fingerprint density at radius 2 is 1.94 bits per heavy atom. The number of morpholine rings is 1. The lowest BCUT2D eigenvalue weighted by Gasteiger charge is -2.30. The van der Waals surface area contributed by atoms with E-state index in [1.165, 1.54) is 22.6 Å². The molecule has 0 bridgehead atoms. The minimum Gasteiger partial charge on any atom is -0.378 e. The van der Waals surface area contributed by atoms with Gasteiger partial charge in [-0.3, -0.25) is 0 Å². The number of thiophene rings is 1. The number of ether oxygens (including phenoxy) is 1. The van der Waals surface area contributed by atoms with Crippen LogP contribution in [0.3, 0.4) is 0 Å². The van der Waals surface area contributed by atoms with Gasteiger partial charge in [-0.1, -0.05) is 29.8 Å². The molecule has 1 fully saturated rings. The molecule has 0 saturated carbocycles. The molecule has 18 heavy (non-hydrogen) atoms. The molecule has 2 aromatic rings. The summed E-state index contributed by atoms with van der Waals surface area (Å²) in [4.78, 5) is 2.35. The SMILES string of the molecule is Clc1[c]scc1-c1ccccc1N1CCOCC1. The van der Waals surface area contributed by atoms with Crippen LogP contribution in [-0.2, 0) is 4.74 Å². The van der Waals surface area contributed by atoms with E-state index >= 15 is 0 Å². The number of benzene rings is 1. The van der Waals surface area contributed by atoms with Gasteiger partial charge < -0.3 is 9.64 Å². The molecule has 1 aliphatic rings. The van der Waals surface area contributed by atoms with Crippen LogP contribution in [0.15, 0.2) is 29.6 Å². The third-order valence-corrected chi connectivity index (χ3v) is 4.19. The fourth-order valence-electron chi connectivity index (χ4n) is 2.21. The number of hydrogen-bond acceptors (Lipinski definition) is 3. The van der Waals surface area contributed by atoms with E-state index in [-0.39, 0.29) is 0 Å². The first kappa shape index (κ1) is 12.0. The molecule has 2 heterocycles. The summed E-state index contributed by atoms with van der Waals surface area (Å²) in [6.07, 6.45) is 0. The number of para-hydroxylation sites is 1. The molecule has 2 nitrogen and oxygen atoms in total. The Kier molecular flexibility index (Phi) is 3.55. The van der Waals surface area contributed by atoms with Crippen molar-refractivity contribution in [3.05, 3.63) is 40.0 Å². The third kappa shape index (κ3) is 2.26. The van der Waals surface area contributed by atoms with Gasteiger partial charge in [-0.15, -0.1) is 11.3 Å². The zero-order valence-electron chi connectivity index (χ0n) is 9.86. The topological polar surface area (TPSA) is 12.5 Å². The van der Waals surface area contributed by atoms with Gasteiger partial charge in [0.25, 0.3) is 0 Å². The molecular weight excluding hydrogens is 266 g/mol. The molecule has 3 rings (SSSR count). The van der Waals surface area contributed by atoms with Gasteiger partial charge in [0.2, 0.25) is 0 Å². The first-order valence-corrected chi connectivity index (χ1v) is 7.19. The standard InChI is InChI=1S/C14H13ClNOS/c15-13-10-18-9-12(13)11-3-1-2-4-14(11)16-5-7-17-8-6-16/h1-4,9H,5-8H2. The zero-order chi connectivity index (χ0) is 12.4. The van der Waals surface area contributed by atoms with Crippen molar-refractivity contribution in [3.8, 4) is 11.1 Å². The molecule has 0 amide bonds. The van der Waals surface area contributed by atoms with Crippen LogP contribution in [0, 0.1) is 5.38 Å². The molecule has 1 aliphatic heterocycles. The van der Waals surface area contributed by atoms with E-state index in [0.29, 0.717) is 5.02 Å². The minimum absolute atomic E-state index is 0.709. The van der Waals surface area contributed by atoms with Crippen LogP contribution in [0.1, 0.15) is 0 Å². The number of rotatable bonds is 2. The van der Waals surface area contributed by atoms with E-state index in [4.69, 9.17) is 16.3 Å². The largest absolute Gasteiger partial charge is 0.378 e. The summed E-state index contributed by atoms with van der Waals surface area (Å²) in [7, 11) is 0. The van der Waals surface area contributed by atoms with Gasteiger partial charge in [0.05, 0.1) is 23.6 Å². The molecule has 1 aromatic heterocycles. The Balaban J connectivity index is 2.02. The van der Waals surface area contributed by atoms with E-state index in [0.717, 1.165) is 31.9 Å². The summed E-state index contributed by atoms with van der Waals surface area (Å²) in [5.41, 5.74) is 3.49. The van der Waals surface area contributed by atoms with Crippen LogP contribution in [-0.4, -0.2) is 26.3 Å². The van der Waals surface area contributed by atoms with Gasteiger partial charge in [0, 0.05) is 35.3 Å². The van der Waals surface area contributed by atoms with Crippen LogP contribution >= 0.6 is 22.9 Å². The van der Waals surface area contributed by atoms with Crippen molar-refractivity contribution in [1.82, 2.24) is 0 Å². The predicted octanol–water partition coefficient (Wildman–Crippen LogP) is 3.71. The Morgan fingerprint density at radius 1 is 1.17 bits per heavy atom. The molecule has 0 N–H and O–H groups in total. The fourth-order valence-corrected chi connectivity index (χ4v) is 3.20. The molecule has 0 aliphatic carbocycles. The number of hydrogen-bond donors (Lipinski definition) is 0. The van der Waals surface area contributed by atoms with E-state index in [9.17, 15) is 0 Å². The quantitative estimate of drug-likeness (QED) is 0.830. The van der Waals surface area contributed by atoms with Crippen LogP contribution in [0.4, 0.5) is 5.69 Å². The van der Waals surface area contributed by atoms with Crippen LogP contribution < -0.4 is 4.90 Å². The maximum atomic E-state index is 6.20. The number of halogens is 1. The molecule has 0 spiro atoms. The number of nitrogens with zero attached hydrogens (tertiary/aromatic N) is 1. The Morgan fingerprint density at radius 3 is 2.67 bits per heavy atom. The van der Waals surface area contributed by atoms with Crippen molar-refractivity contribution in [2.75, 3.05) is 31.2 Å². The first-order chi connectivity index (χ1) is 8.86. The van der Waals surface area contributed by atoms with Crippen molar-refractivity contribution >= 4 is 28.6 Å². The summed E-state index contributed by atoms with van der Waals surface area (Å²) >= 11 is 7.71. The second kappa shape index (κ2) is 5.31. The molecular formula is C14H13ClNOS. The molecule has 1 saturated heterocycles. The Hall–Kier alpha value is -1.03. The lowest BCUT2D eigenvalue weighted by molar-refractivity contribution is 0.123. The zero-order valence-corrected chi connectivity index (χ0v) is 11.4. The van der Waals surface area contributed by atoms with Crippen molar-refractivity contribution in [2.24, 2.45) is 0 Å². The second-order valence-electron chi connectivity index (χ2n) is 4.18. The predicted molar refractivity (Wildman–Crippen MR) is 76.6 cm³/mol. The van der Waals surface area contributed by atoms with Gasteiger partial charge >= 0.3 is 0 Å². The normalized spacial score (nSPS) is 15.9. The summed E-state index contributed by atoms with van der Waals surface area (Å²) in [5, 5.41) is 5.83. The summed E-state index contributed by atoms with van der Waals surface area (Å²) < 4.78 is 5.40. The van der Waals surface area contributed by atoms with E-state index < -0.39 is 0 Å². The minimum atomic E-state index is 0.709. The molecule has 4 heteroatoms. The third-order valence-electron chi connectivity index (χ3n) is 3.11. The van der Waals surface area contributed by atoms with E-state index in [1.54, 1.807) is 0 Å². The second-order valence-corrected chi connectivity index (χ2v) is 5.24. The molecule has 1 aromatic carbocycles. The van der Waals surface area contributed by atoms with Crippen LogP contribution in [0.2, 0.25) is 5.02 Å². The van der Waals surface area contributed by atoms with Gasteiger partial charge in [-0.05, 0) is 6.07 Å². The maximum absolute atomic E-state index is 6.20. The van der Waals surface area contributed by atoms with Crippen LogP contribution in [0.25, 0.3) is 11.1 Å². The molecule has 0 atom stereocenters. The van der Waals surface area contributed by atoms with Crippen molar-refractivity contribution in [2.45, 2.75) is 0 Å². The summed E-state index contributed by atoms with van der Waals surface area (Å²) in [6, 6.07) is 8.38. The Labute approximate surface area is 116 Å². The van der Waals surface area contributed by atoms with E-state index in [1.807, 2.05) is 6.07 Å². The summed E-state index contributed by atoms with van der Waals surface area (Å²) in [5.74, 6) is 0. The van der Waals surface area contributed by atoms with Gasteiger partial charge in [0.15, 0.2) is 0 Å². The molecule has 1 radical (unpaired) electrons. The Bertz CT molecular complexity index is 534. The lowest BCUT2D eigenvalue weighted by atomic mass is 10.1. The number of anilines is 1. The highest BCUT2D eigenvalue weighted by Crippen LogP contribution is 2.37. The van der Waals surface area contributed by atoms with Gasteiger partial charge in [0.1, 0.15) is 0 Å². The van der Waals surface area contributed by atoms with Crippen molar-refractivity contribution in [1.29, 1.82) is 0 Å². The smallest absolute Gasteiger partial charge is 0.0680 e. The monoisotopic (exact) mass is 278 g/mol. The van der Waals surface area contributed by atoms with Crippen molar-refractivity contribution in [3.63, 3.8) is 0 Å². The maximum Gasteiger partial charge on any atom is 0.0680 e. The van der Waals surface area contributed by atoms with Gasteiger partial charge in [-0.2, -0.15) is 0 Å².